The number of nitrogens with zero attached hydrogens (tertiary/aromatic N) is 3. The molecule has 1 atom stereocenters. The summed E-state index contributed by atoms with van der Waals surface area (Å²) in [6, 6.07) is 13.2. The Bertz CT molecular complexity index is 858. The van der Waals surface area contributed by atoms with Crippen LogP contribution in [0.3, 0.4) is 0 Å². The van der Waals surface area contributed by atoms with Gasteiger partial charge in [-0.05, 0) is 56.1 Å². The van der Waals surface area contributed by atoms with Gasteiger partial charge in [-0.1, -0.05) is 30.3 Å². The minimum Gasteiger partial charge on any atom is -0.367 e. The standard InChI is InChI=1S/C19H21ClN4S/c1-13-11-15-17(22-19(20)23-18(15)25-13)21-12-16(24-9-5-6-10-24)14-7-3-2-4-8-14/h2-4,7-8,11,16H,5-6,9-10,12H2,1H3,(H,21,22,23). The lowest BCUT2D eigenvalue weighted by Crippen LogP contribution is -2.31. The van der Waals surface area contributed by atoms with E-state index in [1.165, 1.54) is 23.3 Å². The molecule has 1 aliphatic rings. The maximum atomic E-state index is 6.13. The number of aromatic nitrogens is 2. The summed E-state index contributed by atoms with van der Waals surface area (Å²) in [5.41, 5.74) is 1.34. The van der Waals surface area contributed by atoms with Crippen molar-refractivity contribution in [3.05, 3.63) is 52.1 Å². The molecule has 25 heavy (non-hydrogen) atoms. The molecular formula is C19H21ClN4S. The molecule has 1 N–H and O–H groups in total. The average molecular weight is 373 g/mol. The van der Waals surface area contributed by atoms with E-state index in [0.717, 1.165) is 35.7 Å². The fourth-order valence-electron chi connectivity index (χ4n) is 3.53. The van der Waals surface area contributed by atoms with Crippen LogP contribution in [0, 0.1) is 6.92 Å². The molecule has 130 valence electrons. The Morgan fingerprint density at radius 1 is 1.20 bits per heavy atom. The van der Waals surface area contributed by atoms with Crippen molar-refractivity contribution < 1.29 is 0 Å². The molecule has 1 unspecified atom stereocenters. The van der Waals surface area contributed by atoms with Gasteiger partial charge in [-0.3, -0.25) is 4.90 Å². The van der Waals surface area contributed by atoms with Gasteiger partial charge < -0.3 is 5.32 Å². The van der Waals surface area contributed by atoms with Crippen molar-refractivity contribution in [3.63, 3.8) is 0 Å². The molecule has 3 aromatic rings. The van der Waals surface area contributed by atoms with Crippen LogP contribution in [-0.2, 0) is 0 Å². The van der Waals surface area contributed by atoms with Crippen LogP contribution in [0.5, 0.6) is 0 Å². The number of aryl methyl sites for hydroxylation is 1. The first kappa shape index (κ1) is 16.8. The molecule has 2 aromatic heterocycles. The quantitative estimate of drug-likeness (QED) is 0.646. The lowest BCUT2D eigenvalue weighted by atomic mass is 10.1. The van der Waals surface area contributed by atoms with E-state index in [1.807, 2.05) is 0 Å². The monoisotopic (exact) mass is 372 g/mol. The normalized spacial score (nSPS) is 16.4. The predicted octanol–water partition coefficient (Wildman–Crippen LogP) is 4.90. The van der Waals surface area contributed by atoms with Crippen LogP contribution in [0.1, 0.15) is 29.3 Å². The third-order valence-electron chi connectivity index (χ3n) is 4.72. The number of rotatable bonds is 5. The van der Waals surface area contributed by atoms with Gasteiger partial charge in [0.25, 0.3) is 0 Å². The lowest BCUT2D eigenvalue weighted by molar-refractivity contribution is 0.256. The van der Waals surface area contributed by atoms with Crippen LogP contribution in [0.2, 0.25) is 5.28 Å². The zero-order valence-electron chi connectivity index (χ0n) is 14.2. The van der Waals surface area contributed by atoms with Crippen LogP contribution in [0.25, 0.3) is 10.2 Å². The molecule has 3 heterocycles. The van der Waals surface area contributed by atoms with Crippen molar-refractivity contribution in [1.29, 1.82) is 0 Å². The van der Waals surface area contributed by atoms with E-state index >= 15 is 0 Å². The van der Waals surface area contributed by atoms with Gasteiger partial charge in [-0.25, -0.2) is 9.97 Å². The molecule has 6 heteroatoms. The van der Waals surface area contributed by atoms with E-state index in [-0.39, 0.29) is 0 Å². The van der Waals surface area contributed by atoms with Crippen LogP contribution in [-0.4, -0.2) is 34.5 Å². The molecule has 0 saturated carbocycles. The van der Waals surface area contributed by atoms with Gasteiger partial charge >= 0.3 is 0 Å². The molecule has 1 aliphatic heterocycles. The Labute approximate surface area is 156 Å². The number of hydrogen-bond acceptors (Lipinski definition) is 5. The van der Waals surface area contributed by atoms with Crippen molar-refractivity contribution in [2.24, 2.45) is 0 Å². The summed E-state index contributed by atoms with van der Waals surface area (Å²) in [6.07, 6.45) is 2.55. The Morgan fingerprint density at radius 2 is 1.96 bits per heavy atom. The highest BCUT2D eigenvalue weighted by Gasteiger charge is 2.23. The number of anilines is 1. The minimum atomic E-state index is 0.300. The number of fused-ring (bicyclic) bond motifs is 1. The molecule has 0 bridgehead atoms. The zero-order chi connectivity index (χ0) is 17.2. The van der Waals surface area contributed by atoms with Crippen LogP contribution < -0.4 is 5.32 Å². The van der Waals surface area contributed by atoms with E-state index in [2.05, 4.69) is 63.5 Å². The third kappa shape index (κ3) is 3.64. The van der Waals surface area contributed by atoms with Gasteiger partial charge in [-0.15, -0.1) is 11.3 Å². The van der Waals surface area contributed by atoms with Crippen LogP contribution in [0.4, 0.5) is 5.82 Å². The third-order valence-corrected chi connectivity index (χ3v) is 5.83. The minimum absolute atomic E-state index is 0.300. The van der Waals surface area contributed by atoms with E-state index in [1.54, 1.807) is 11.3 Å². The lowest BCUT2D eigenvalue weighted by Gasteiger charge is -2.28. The van der Waals surface area contributed by atoms with Gasteiger partial charge in [-0.2, -0.15) is 0 Å². The summed E-state index contributed by atoms with van der Waals surface area (Å²) < 4.78 is 0. The summed E-state index contributed by atoms with van der Waals surface area (Å²) >= 11 is 7.78. The maximum Gasteiger partial charge on any atom is 0.225 e. The summed E-state index contributed by atoms with van der Waals surface area (Å²) in [4.78, 5) is 13.5. The molecule has 0 aliphatic carbocycles. The second-order valence-electron chi connectivity index (χ2n) is 6.47. The Hall–Kier alpha value is -1.69. The zero-order valence-corrected chi connectivity index (χ0v) is 15.8. The number of thiophene rings is 1. The Kier molecular flexibility index (Phi) is 4.88. The van der Waals surface area contributed by atoms with E-state index in [4.69, 9.17) is 11.6 Å². The van der Waals surface area contributed by atoms with Gasteiger partial charge in [0.1, 0.15) is 10.6 Å². The summed E-state index contributed by atoms with van der Waals surface area (Å²) in [5.74, 6) is 0.833. The van der Waals surface area contributed by atoms with Gasteiger partial charge in [0, 0.05) is 11.4 Å². The Morgan fingerprint density at radius 3 is 2.72 bits per heavy atom. The summed E-state index contributed by atoms with van der Waals surface area (Å²) in [6.45, 7) is 5.19. The van der Waals surface area contributed by atoms with Crippen LogP contribution in [0.15, 0.2) is 36.4 Å². The number of likely N-dealkylation sites (tertiary alicyclic amines) is 1. The fourth-order valence-corrected chi connectivity index (χ4v) is 4.63. The topological polar surface area (TPSA) is 41.0 Å². The first-order valence-corrected chi connectivity index (χ1v) is 9.87. The smallest absolute Gasteiger partial charge is 0.225 e. The van der Waals surface area contributed by atoms with E-state index in [9.17, 15) is 0 Å². The first-order chi connectivity index (χ1) is 12.2. The SMILES string of the molecule is Cc1cc2c(NCC(c3ccccc3)N3CCCC3)nc(Cl)nc2s1. The van der Waals surface area contributed by atoms with Gasteiger partial charge in [0.2, 0.25) is 5.28 Å². The molecule has 4 nitrogen and oxygen atoms in total. The average Bonchev–Trinajstić information content (AvgIpc) is 3.25. The van der Waals surface area contributed by atoms with Gasteiger partial charge in [0.15, 0.2) is 0 Å². The van der Waals surface area contributed by atoms with Crippen molar-refractivity contribution in [3.8, 4) is 0 Å². The van der Waals surface area contributed by atoms with E-state index in [0.29, 0.717) is 11.3 Å². The van der Waals surface area contributed by atoms with Gasteiger partial charge in [0.05, 0.1) is 11.4 Å². The molecule has 0 amide bonds. The van der Waals surface area contributed by atoms with Crippen molar-refractivity contribution in [2.45, 2.75) is 25.8 Å². The highest BCUT2D eigenvalue weighted by Crippen LogP contribution is 2.31. The Balaban J connectivity index is 1.61. The summed E-state index contributed by atoms with van der Waals surface area (Å²) in [7, 11) is 0. The molecule has 1 fully saturated rings. The molecule has 0 radical (unpaired) electrons. The fraction of sp³-hybridized carbons (Fsp3) is 0.368. The van der Waals surface area contributed by atoms with Crippen LogP contribution >= 0.6 is 22.9 Å². The van der Waals surface area contributed by atoms with Crippen molar-refractivity contribution in [1.82, 2.24) is 14.9 Å². The predicted molar refractivity (Wildman–Crippen MR) is 106 cm³/mol. The van der Waals surface area contributed by atoms with Crippen molar-refractivity contribution >= 4 is 39.0 Å². The molecule has 1 aromatic carbocycles. The largest absolute Gasteiger partial charge is 0.367 e. The second kappa shape index (κ2) is 7.28. The number of nitrogens with one attached hydrogen (secondary N) is 1. The van der Waals surface area contributed by atoms with Crippen molar-refractivity contribution in [2.75, 3.05) is 25.0 Å². The maximum absolute atomic E-state index is 6.13. The number of hydrogen-bond donors (Lipinski definition) is 1. The second-order valence-corrected chi connectivity index (χ2v) is 8.04. The summed E-state index contributed by atoms with van der Waals surface area (Å²) in [5, 5.41) is 4.90. The number of benzene rings is 1. The molecule has 1 saturated heterocycles. The first-order valence-electron chi connectivity index (χ1n) is 8.67. The highest BCUT2D eigenvalue weighted by atomic mass is 35.5. The number of halogens is 1. The molecule has 0 spiro atoms. The molecular weight excluding hydrogens is 352 g/mol. The van der Waals surface area contributed by atoms with E-state index < -0.39 is 0 Å². The molecule has 4 rings (SSSR count). The highest BCUT2D eigenvalue weighted by molar-refractivity contribution is 7.18.